The number of piperidine rings is 2. The number of methoxy groups -OCH3 is 2. The summed E-state index contributed by atoms with van der Waals surface area (Å²) in [6.45, 7) is 5.68. The lowest BCUT2D eigenvalue weighted by Gasteiger charge is -2.57. The number of nitrogens with one attached hydrogen (secondary N) is 1. The molecule has 26 heavy (non-hydrogen) atoms. The van der Waals surface area contributed by atoms with Crippen LogP contribution in [-0.2, 0) is 18.9 Å². The molecule has 0 aromatic carbocycles. The van der Waals surface area contributed by atoms with Crippen molar-refractivity contribution in [3.8, 4) is 0 Å². The van der Waals surface area contributed by atoms with Gasteiger partial charge in [0, 0.05) is 32.0 Å². The first-order valence-electron chi connectivity index (χ1n) is 10.8. The van der Waals surface area contributed by atoms with Crippen LogP contribution in [0, 0.1) is 29.6 Å². The van der Waals surface area contributed by atoms with Crippen molar-refractivity contribution < 1.29 is 23.8 Å². The molecule has 1 N–H and O–H groups in total. The van der Waals surface area contributed by atoms with Gasteiger partial charge in [0.05, 0.1) is 43.5 Å². The van der Waals surface area contributed by atoms with Crippen molar-refractivity contribution in [1.82, 2.24) is 0 Å². The average Bonchev–Trinajstić information content (AvgIpc) is 3.15. The number of ether oxygens (including phenoxy) is 4. The molecule has 0 bridgehead atoms. The quantitative estimate of drug-likeness (QED) is 0.795. The molecular formula is C21H36NO4+. The lowest BCUT2D eigenvalue weighted by atomic mass is 9.58. The van der Waals surface area contributed by atoms with Crippen LogP contribution in [0.2, 0.25) is 0 Å². The molecular weight excluding hydrogens is 330 g/mol. The van der Waals surface area contributed by atoms with E-state index >= 15 is 0 Å². The summed E-state index contributed by atoms with van der Waals surface area (Å²) in [5.74, 6) is 3.90. The van der Waals surface area contributed by atoms with Crippen LogP contribution in [0.3, 0.4) is 0 Å². The highest BCUT2D eigenvalue weighted by atomic mass is 16.7. The molecule has 11 atom stereocenters. The summed E-state index contributed by atoms with van der Waals surface area (Å²) in [7, 11) is 3.72. The van der Waals surface area contributed by atoms with Gasteiger partial charge in [-0.25, -0.2) is 0 Å². The molecule has 148 valence electrons. The molecule has 5 fully saturated rings. The number of rotatable bonds is 2. The molecule has 0 amide bonds. The maximum atomic E-state index is 6.05. The largest absolute Gasteiger partial charge is 0.379 e. The number of hydrogen-bond donors (Lipinski definition) is 1. The number of hydrogen-bond acceptors (Lipinski definition) is 4. The highest BCUT2D eigenvalue weighted by Crippen LogP contribution is 2.47. The van der Waals surface area contributed by atoms with E-state index in [1.165, 1.54) is 45.2 Å². The zero-order valence-corrected chi connectivity index (χ0v) is 16.6. The maximum absolute atomic E-state index is 6.05. The molecule has 2 aliphatic carbocycles. The zero-order chi connectivity index (χ0) is 17.8. The third-order valence-electron chi connectivity index (χ3n) is 8.84. The fraction of sp³-hybridized carbons (Fsp3) is 1.00. The summed E-state index contributed by atoms with van der Waals surface area (Å²) in [5, 5.41) is 0. The van der Waals surface area contributed by atoms with Crippen LogP contribution in [0.5, 0.6) is 0 Å². The molecule has 0 spiro atoms. The summed E-state index contributed by atoms with van der Waals surface area (Å²) < 4.78 is 23.5. The van der Waals surface area contributed by atoms with E-state index < -0.39 is 0 Å². The van der Waals surface area contributed by atoms with Gasteiger partial charge in [-0.1, -0.05) is 6.92 Å². The smallest absolute Gasteiger partial charge is 0.147 e. The van der Waals surface area contributed by atoms with Crippen molar-refractivity contribution >= 4 is 0 Å². The van der Waals surface area contributed by atoms with Crippen molar-refractivity contribution in [3.63, 3.8) is 0 Å². The zero-order valence-electron chi connectivity index (χ0n) is 16.6. The Morgan fingerprint density at radius 2 is 1.69 bits per heavy atom. The Hall–Kier alpha value is -0.200. The highest BCUT2D eigenvalue weighted by Gasteiger charge is 2.58. The molecule has 11 unspecified atom stereocenters. The Bertz CT molecular complexity index is 516. The van der Waals surface area contributed by atoms with Crippen molar-refractivity contribution in [2.45, 2.75) is 69.5 Å². The van der Waals surface area contributed by atoms with Gasteiger partial charge in [0.15, 0.2) is 0 Å². The van der Waals surface area contributed by atoms with Crippen molar-refractivity contribution in [1.29, 1.82) is 0 Å². The molecule has 5 rings (SSSR count). The predicted molar refractivity (Wildman–Crippen MR) is 96.9 cm³/mol. The third kappa shape index (κ3) is 2.69. The van der Waals surface area contributed by atoms with Gasteiger partial charge in [-0.3, -0.25) is 0 Å². The Labute approximate surface area is 157 Å². The van der Waals surface area contributed by atoms with Gasteiger partial charge in [0.25, 0.3) is 0 Å². The lowest BCUT2D eigenvalue weighted by molar-refractivity contribution is -0.952. The van der Waals surface area contributed by atoms with E-state index in [2.05, 4.69) is 6.92 Å². The Kier molecular flexibility index (Phi) is 4.81. The monoisotopic (exact) mass is 366 g/mol. The van der Waals surface area contributed by atoms with Gasteiger partial charge >= 0.3 is 0 Å². The van der Waals surface area contributed by atoms with Gasteiger partial charge in [0.2, 0.25) is 0 Å². The first kappa shape index (κ1) is 17.9. The fourth-order valence-corrected chi connectivity index (χ4v) is 7.70. The van der Waals surface area contributed by atoms with Crippen LogP contribution >= 0.6 is 0 Å². The maximum Gasteiger partial charge on any atom is 0.147 e. The van der Waals surface area contributed by atoms with E-state index in [4.69, 9.17) is 18.9 Å². The molecule has 5 nitrogen and oxygen atoms in total. The molecule has 0 aromatic heterocycles. The van der Waals surface area contributed by atoms with Crippen molar-refractivity contribution in [2.75, 3.05) is 34.1 Å². The molecule has 5 aliphatic rings. The minimum absolute atomic E-state index is 0.271. The second-order valence-electron chi connectivity index (χ2n) is 9.59. The normalized spacial score (nSPS) is 56.2. The summed E-state index contributed by atoms with van der Waals surface area (Å²) in [4.78, 5) is 1.85. The molecule has 2 saturated carbocycles. The number of quaternary nitrogens is 1. The SMILES string of the molecule is COC1CC2CC[NH+]3CC4C(CCC5OCOC54)C(C)C3C2CC1OC. The second kappa shape index (κ2) is 7.00. The van der Waals surface area contributed by atoms with Gasteiger partial charge in [0.1, 0.15) is 6.79 Å². The van der Waals surface area contributed by atoms with Crippen molar-refractivity contribution in [3.05, 3.63) is 0 Å². The number of fused-ring (bicyclic) bond motifs is 6. The Morgan fingerprint density at radius 3 is 2.50 bits per heavy atom. The van der Waals surface area contributed by atoms with Crippen LogP contribution in [0.1, 0.15) is 39.0 Å². The highest BCUT2D eigenvalue weighted by molar-refractivity contribution is 5.01. The van der Waals surface area contributed by atoms with Crippen LogP contribution in [0.25, 0.3) is 0 Å². The van der Waals surface area contributed by atoms with Crippen LogP contribution in [-0.4, -0.2) is 64.6 Å². The first-order valence-corrected chi connectivity index (χ1v) is 10.8. The molecule has 3 heterocycles. The van der Waals surface area contributed by atoms with Gasteiger partial charge in [-0.05, 0) is 43.9 Å². The van der Waals surface area contributed by atoms with E-state index in [-0.39, 0.29) is 12.2 Å². The minimum Gasteiger partial charge on any atom is -0.379 e. The van der Waals surface area contributed by atoms with Crippen LogP contribution < -0.4 is 4.90 Å². The van der Waals surface area contributed by atoms with E-state index in [0.717, 1.165) is 29.7 Å². The molecule has 0 radical (unpaired) electrons. The molecule has 3 saturated heterocycles. The van der Waals surface area contributed by atoms with Crippen LogP contribution in [0.4, 0.5) is 0 Å². The van der Waals surface area contributed by atoms with Gasteiger partial charge in [-0.15, -0.1) is 0 Å². The average molecular weight is 367 g/mol. The first-order chi connectivity index (χ1) is 12.7. The van der Waals surface area contributed by atoms with E-state index in [1.54, 1.807) is 0 Å². The fourth-order valence-electron chi connectivity index (χ4n) is 7.70. The predicted octanol–water partition coefficient (Wildman–Crippen LogP) is 1.12. The topological polar surface area (TPSA) is 41.4 Å². The molecule has 5 heteroatoms. The lowest BCUT2D eigenvalue weighted by Crippen LogP contribution is -3.21. The summed E-state index contributed by atoms with van der Waals surface area (Å²) in [5.41, 5.74) is 0. The van der Waals surface area contributed by atoms with Crippen LogP contribution in [0.15, 0.2) is 0 Å². The molecule has 3 aliphatic heterocycles. The summed E-state index contributed by atoms with van der Waals surface area (Å²) in [6.07, 6.45) is 7.52. The Morgan fingerprint density at radius 1 is 0.885 bits per heavy atom. The summed E-state index contributed by atoms with van der Waals surface area (Å²) >= 11 is 0. The standard InChI is InChI=1S/C21H35NO4/c1-12-14-4-5-17-21(26-11-25-17)16(14)10-22-7-6-13-8-18(23-2)19(24-3)9-15(13)20(12)22/h12-21H,4-11H2,1-3H3/p+1. The molecule has 0 aromatic rings. The van der Waals surface area contributed by atoms with Gasteiger partial charge in [-0.2, -0.15) is 0 Å². The van der Waals surface area contributed by atoms with Gasteiger partial charge < -0.3 is 23.8 Å². The third-order valence-corrected chi connectivity index (χ3v) is 8.84. The van der Waals surface area contributed by atoms with E-state index in [9.17, 15) is 0 Å². The van der Waals surface area contributed by atoms with E-state index in [1.807, 2.05) is 19.1 Å². The minimum atomic E-state index is 0.271. The second-order valence-corrected chi connectivity index (χ2v) is 9.59. The summed E-state index contributed by atoms with van der Waals surface area (Å²) in [6, 6.07) is 0.796. The van der Waals surface area contributed by atoms with E-state index in [0.29, 0.717) is 24.9 Å². The Balaban J connectivity index is 1.38. The van der Waals surface area contributed by atoms with Crippen molar-refractivity contribution in [2.24, 2.45) is 29.6 Å².